The van der Waals surface area contributed by atoms with E-state index in [1.54, 1.807) is 24.5 Å². The highest BCUT2D eigenvalue weighted by molar-refractivity contribution is 7.25. The number of anilines is 1. The highest BCUT2D eigenvalue weighted by Gasteiger charge is 2.14. The van der Waals surface area contributed by atoms with Gasteiger partial charge in [0.1, 0.15) is 17.0 Å². The number of nitrogen functional groups attached to an aromatic ring is 1. The Hall–Kier alpha value is -2.25. The fourth-order valence-corrected chi connectivity index (χ4v) is 4.55. The molecule has 3 N–H and O–H groups in total. The first-order valence-corrected chi connectivity index (χ1v) is 10.1. The maximum Gasteiger partial charge on any atom is 0.251 e. The molecule has 0 unspecified atom stereocenters. The van der Waals surface area contributed by atoms with E-state index in [9.17, 15) is 4.79 Å². The number of hydrogen-bond donors (Lipinski definition) is 2. The lowest BCUT2D eigenvalue weighted by Crippen LogP contribution is -2.29. The molecule has 3 aromatic rings. The molecule has 2 aromatic heterocycles. The van der Waals surface area contributed by atoms with Crippen LogP contribution in [0, 0.1) is 0 Å². The first kappa shape index (κ1) is 19.5. The van der Waals surface area contributed by atoms with Gasteiger partial charge < -0.3 is 16.0 Å². The Kier molecular flexibility index (Phi) is 6.23. The normalized spacial score (nSPS) is 15.0. The molecule has 1 aliphatic rings. The van der Waals surface area contributed by atoms with Crippen molar-refractivity contribution < 1.29 is 4.79 Å². The van der Waals surface area contributed by atoms with Crippen molar-refractivity contribution >= 4 is 43.4 Å². The molecule has 0 aliphatic heterocycles. The van der Waals surface area contributed by atoms with Crippen LogP contribution in [-0.4, -0.2) is 48.0 Å². The fraction of sp³-hybridized carbons (Fsp3) is 0.450. The summed E-state index contributed by atoms with van der Waals surface area (Å²) in [4.78, 5) is 23.0. The number of nitrogens with one attached hydrogen (secondary N) is 1. The van der Waals surface area contributed by atoms with E-state index in [1.807, 2.05) is 12.1 Å². The largest absolute Gasteiger partial charge is 0.383 e. The smallest absolute Gasteiger partial charge is 0.251 e. The summed E-state index contributed by atoms with van der Waals surface area (Å²) in [5, 5.41) is 4.35. The minimum atomic E-state index is -0.119. The molecule has 0 bridgehead atoms. The minimum absolute atomic E-state index is 0.119. The van der Waals surface area contributed by atoms with E-state index >= 15 is 0 Å². The maximum absolute atomic E-state index is 11.6. The van der Waals surface area contributed by atoms with E-state index in [0.717, 1.165) is 26.3 Å². The van der Waals surface area contributed by atoms with Crippen LogP contribution in [0.3, 0.4) is 0 Å². The Morgan fingerprint density at radius 2 is 1.96 bits per heavy atom. The maximum atomic E-state index is 11.6. The van der Waals surface area contributed by atoms with E-state index in [4.69, 9.17) is 5.73 Å². The average Bonchev–Trinajstić information content (AvgIpc) is 3.07. The van der Waals surface area contributed by atoms with Crippen LogP contribution >= 0.6 is 11.3 Å². The molecule has 1 aromatic carbocycles. The van der Waals surface area contributed by atoms with Crippen molar-refractivity contribution in [2.75, 3.05) is 26.9 Å². The van der Waals surface area contributed by atoms with Crippen LogP contribution in [0.1, 0.15) is 42.5 Å². The third-order valence-corrected chi connectivity index (χ3v) is 6.17. The molecule has 1 amide bonds. The molecular formula is C20H27N5OS. The molecule has 1 aliphatic carbocycles. The second kappa shape index (κ2) is 8.63. The third kappa shape index (κ3) is 4.36. The molecule has 27 heavy (non-hydrogen) atoms. The van der Waals surface area contributed by atoms with Gasteiger partial charge in [-0.3, -0.25) is 4.79 Å². The van der Waals surface area contributed by atoms with Crippen LogP contribution in [0.2, 0.25) is 0 Å². The Morgan fingerprint density at radius 1 is 1.22 bits per heavy atom. The molecule has 2 heterocycles. The number of rotatable bonds is 2. The lowest BCUT2D eigenvalue weighted by atomic mass is 9.95. The van der Waals surface area contributed by atoms with E-state index < -0.39 is 0 Å². The van der Waals surface area contributed by atoms with Crippen molar-refractivity contribution in [3.05, 3.63) is 30.1 Å². The first-order valence-electron chi connectivity index (χ1n) is 9.32. The average molecular weight is 386 g/mol. The standard InChI is InChI=1S/C12H10N4OS.C8H17N/c1-14-11(17)6-2-3-8-7(4-6)9-10(13)15-5-16-12(9)18-8;1-9(2)8-6-4-3-5-7-8/h2-5H,1H3,(H,14,17)(H2,13,15,16);8H,3-7H2,1-2H3. The van der Waals surface area contributed by atoms with Gasteiger partial charge >= 0.3 is 0 Å². The van der Waals surface area contributed by atoms with Crippen molar-refractivity contribution in [2.45, 2.75) is 38.1 Å². The van der Waals surface area contributed by atoms with Crippen molar-refractivity contribution in [1.82, 2.24) is 20.2 Å². The number of hydrogen-bond acceptors (Lipinski definition) is 6. The fourth-order valence-electron chi connectivity index (χ4n) is 3.51. The first-order chi connectivity index (χ1) is 13.0. The zero-order valence-corrected chi connectivity index (χ0v) is 17.0. The molecule has 6 nitrogen and oxygen atoms in total. The summed E-state index contributed by atoms with van der Waals surface area (Å²) >= 11 is 1.54. The van der Waals surface area contributed by atoms with Gasteiger partial charge in [0, 0.05) is 28.7 Å². The quantitative estimate of drug-likeness (QED) is 0.703. The highest BCUT2D eigenvalue weighted by Crippen LogP contribution is 2.35. The van der Waals surface area contributed by atoms with E-state index in [-0.39, 0.29) is 5.91 Å². The van der Waals surface area contributed by atoms with Gasteiger partial charge in [-0.2, -0.15) is 0 Å². The number of carbonyl (C=O) groups is 1. The molecule has 0 atom stereocenters. The molecule has 144 valence electrons. The van der Waals surface area contributed by atoms with Crippen LogP contribution in [0.15, 0.2) is 24.5 Å². The van der Waals surface area contributed by atoms with Crippen molar-refractivity contribution in [3.8, 4) is 0 Å². The third-order valence-electron chi connectivity index (χ3n) is 5.09. The van der Waals surface area contributed by atoms with Gasteiger partial charge in [-0.05, 0) is 45.1 Å². The van der Waals surface area contributed by atoms with E-state index in [1.165, 1.54) is 38.4 Å². The van der Waals surface area contributed by atoms with Gasteiger partial charge in [0.05, 0.1) is 5.39 Å². The lowest BCUT2D eigenvalue weighted by molar-refractivity contribution is 0.0963. The monoisotopic (exact) mass is 385 g/mol. The summed E-state index contributed by atoms with van der Waals surface area (Å²) in [5.41, 5.74) is 6.49. The van der Waals surface area contributed by atoms with Crippen LogP contribution in [0.5, 0.6) is 0 Å². The van der Waals surface area contributed by atoms with Gasteiger partial charge in [-0.1, -0.05) is 19.3 Å². The molecule has 0 spiro atoms. The summed E-state index contributed by atoms with van der Waals surface area (Å²) in [6, 6.07) is 6.41. The predicted octanol–water partition coefficient (Wildman–Crippen LogP) is 3.67. The minimum Gasteiger partial charge on any atom is -0.383 e. The number of aromatic nitrogens is 2. The van der Waals surface area contributed by atoms with E-state index in [0.29, 0.717) is 11.4 Å². The second-order valence-corrected chi connectivity index (χ2v) is 8.12. The van der Waals surface area contributed by atoms with Crippen LogP contribution in [0.25, 0.3) is 20.3 Å². The number of nitrogens with zero attached hydrogens (tertiary/aromatic N) is 3. The molecular weight excluding hydrogens is 358 g/mol. The molecule has 1 saturated carbocycles. The number of benzene rings is 1. The Bertz CT molecular complexity index is 931. The molecule has 7 heteroatoms. The van der Waals surface area contributed by atoms with Gasteiger partial charge in [0.25, 0.3) is 5.91 Å². The van der Waals surface area contributed by atoms with Crippen molar-refractivity contribution in [3.63, 3.8) is 0 Å². The number of carbonyl (C=O) groups excluding carboxylic acids is 1. The van der Waals surface area contributed by atoms with Gasteiger partial charge in [-0.25, -0.2) is 9.97 Å². The number of nitrogens with two attached hydrogens (primary N) is 1. The predicted molar refractivity (Wildman–Crippen MR) is 113 cm³/mol. The van der Waals surface area contributed by atoms with Gasteiger partial charge in [-0.15, -0.1) is 11.3 Å². The molecule has 1 fully saturated rings. The lowest BCUT2D eigenvalue weighted by Gasteiger charge is -2.27. The second-order valence-electron chi connectivity index (χ2n) is 7.09. The van der Waals surface area contributed by atoms with Gasteiger partial charge in [0.2, 0.25) is 0 Å². The summed E-state index contributed by atoms with van der Waals surface area (Å²) in [6.45, 7) is 0. The number of thiophene rings is 1. The van der Waals surface area contributed by atoms with Crippen molar-refractivity contribution in [1.29, 1.82) is 0 Å². The van der Waals surface area contributed by atoms with Crippen LogP contribution < -0.4 is 11.1 Å². The summed E-state index contributed by atoms with van der Waals surface area (Å²) in [5.74, 6) is 0.326. The topological polar surface area (TPSA) is 84.1 Å². The summed E-state index contributed by atoms with van der Waals surface area (Å²) in [6.07, 6.45) is 8.66. The number of amides is 1. The molecule has 4 rings (SSSR count). The number of fused-ring (bicyclic) bond motifs is 3. The van der Waals surface area contributed by atoms with Crippen LogP contribution in [0.4, 0.5) is 5.82 Å². The molecule has 0 saturated heterocycles. The van der Waals surface area contributed by atoms with Crippen molar-refractivity contribution in [2.24, 2.45) is 0 Å². The van der Waals surface area contributed by atoms with Gasteiger partial charge in [0.15, 0.2) is 0 Å². The Morgan fingerprint density at radius 3 is 2.59 bits per heavy atom. The zero-order valence-electron chi connectivity index (χ0n) is 16.2. The van der Waals surface area contributed by atoms with E-state index in [2.05, 4.69) is 34.3 Å². The summed E-state index contributed by atoms with van der Waals surface area (Å²) < 4.78 is 1.05. The SMILES string of the molecule is CN(C)C1CCCCC1.CNC(=O)c1ccc2sc3ncnc(N)c3c2c1. The highest BCUT2D eigenvalue weighted by atomic mass is 32.1. The Balaban J connectivity index is 0.000000197. The zero-order chi connectivity index (χ0) is 19.4. The molecule has 0 radical (unpaired) electrons. The van der Waals surface area contributed by atoms with Crippen LogP contribution in [-0.2, 0) is 0 Å². The Labute approximate surface area is 163 Å². The summed E-state index contributed by atoms with van der Waals surface area (Å²) in [7, 11) is 5.99.